The van der Waals surface area contributed by atoms with Crippen LogP contribution in [0.1, 0.15) is 20.3 Å². The van der Waals surface area contributed by atoms with E-state index in [-0.39, 0.29) is 0 Å². The van der Waals surface area contributed by atoms with E-state index in [0.717, 1.165) is 19.6 Å². The molecule has 0 fully saturated rings. The predicted octanol–water partition coefficient (Wildman–Crippen LogP) is 1.71. The van der Waals surface area contributed by atoms with E-state index in [2.05, 4.69) is 4.98 Å². The molecule has 86 valence electrons. The third-order valence-corrected chi connectivity index (χ3v) is 1.94. The Hall–Kier alpha value is -0.870. The maximum absolute atomic E-state index is 5.42. The van der Waals surface area contributed by atoms with Crippen molar-refractivity contribution in [2.45, 2.75) is 32.9 Å². The van der Waals surface area contributed by atoms with Gasteiger partial charge in [-0.15, -0.1) is 0 Å². The Morgan fingerprint density at radius 1 is 1.27 bits per heavy atom. The van der Waals surface area contributed by atoms with E-state index in [9.17, 15) is 0 Å². The molecule has 0 atom stereocenters. The zero-order valence-electron chi connectivity index (χ0n) is 9.56. The average molecular weight is 212 g/mol. The molecule has 0 aliphatic carbocycles. The summed E-state index contributed by atoms with van der Waals surface area (Å²) in [5.41, 5.74) is 0. The molecule has 0 amide bonds. The summed E-state index contributed by atoms with van der Waals surface area (Å²) in [6.07, 6.45) is 6.87. The van der Waals surface area contributed by atoms with E-state index < -0.39 is 0 Å². The van der Waals surface area contributed by atoms with Crippen LogP contribution in [-0.4, -0.2) is 35.5 Å². The van der Waals surface area contributed by atoms with Crippen LogP contribution in [0.3, 0.4) is 0 Å². The SMILES string of the molecule is CC(C)OCCOCCCn1ccnc1. The van der Waals surface area contributed by atoms with Crippen LogP contribution in [0.5, 0.6) is 0 Å². The molecule has 0 aliphatic rings. The third-order valence-electron chi connectivity index (χ3n) is 1.94. The molecule has 0 spiro atoms. The first-order valence-electron chi connectivity index (χ1n) is 5.44. The van der Waals surface area contributed by atoms with Gasteiger partial charge in [0.25, 0.3) is 0 Å². The van der Waals surface area contributed by atoms with E-state index in [1.54, 1.807) is 6.20 Å². The zero-order valence-corrected chi connectivity index (χ0v) is 9.56. The van der Waals surface area contributed by atoms with Crippen LogP contribution >= 0.6 is 0 Å². The summed E-state index contributed by atoms with van der Waals surface area (Å²) in [6, 6.07) is 0. The van der Waals surface area contributed by atoms with E-state index in [1.807, 2.05) is 30.9 Å². The highest BCUT2D eigenvalue weighted by Gasteiger charge is 1.94. The molecule has 1 aromatic heterocycles. The first-order chi connectivity index (χ1) is 7.29. The lowest BCUT2D eigenvalue weighted by Gasteiger charge is -2.08. The minimum Gasteiger partial charge on any atom is -0.379 e. The van der Waals surface area contributed by atoms with E-state index >= 15 is 0 Å². The highest BCUT2D eigenvalue weighted by Crippen LogP contribution is 1.92. The zero-order chi connectivity index (χ0) is 10.9. The summed E-state index contributed by atoms with van der Waals surface area (Å²) in [5.74, 6) is 0. The molecule has 1 heterocycles. The van der Waals surface area contributed by atoms with Crippen LogP contribution in [0.4, 0.5) is 0 Å². The fourth-order valence-electron chi connectivity index (χ4n) is 1.21. The lowest BCUT2D eigenvalue weighted by Crippen LogP contribution is -2.10. The fourth-order valence-corrected chi connectivity index (χ4v) is 1.21. The quantitative estimate of drug-likeness (QED) is 0.615. The molecule has 15 heavy (non-hydrogen) atoms. The average Bonchev–Trinajstić information content (AvgIpc) is 2.68. The smallest absolute Gasteiger partial charge is 0.0945 e. The predicted molar refractivity (Wildman–Crippen MR) is 58.8 cm³/mol. The van der Waals surface area contributed by atoms with Crippen molar-refractivity contribution in [3.05, 3.63) is 18.7 Å². The van der Waals surface area contributed by atoms with Gasteiger partial charge in [-0.1, -0.05) is 0 Å². The Labute approximate surface area is 91.2 Å². The second-order valence-electron chi connectivity index (χ2n) is 3.69. The lowest BCUT2D eigenvalue weighted by molar-refractivity contribution is 0.0184. The van der Waals surface area contributed by atoms with Gasteiger partial charge in [-0.2, -0.15) is 0 Å². The molecule has 0 aromatic carbocycles. The van der Waals surface area contributed by atoms with Crippen molar-refractivity contribution in [3.63, 3.8) is 0 Å². The highest BCUT2D eigenvalue weighted by atomic mass is 16.5. The molecule has 1 aromatic rings. The summed E-state index contributed by atoms with van der Waals surface area (Å²) >= 11 is 0. The van der Waals surface area contributed by atoms with Crippen LogP contribution in [0.2, 0.25) is 0 Å². The highest BCUT2D eigenvalue weighted by molar-refractivity contribution is 4.73. The minimum absolute atomic E-state index is 0.291. The van der Waals surface area contributed by atoms with Gasteiger partial charge in [0.1, 0.15) is 0 Å². The van der Waals surface area contributed by atoms with Gasteiger partial charge in [-0.05, 0) is 20.3 Å². The number of aromatic nitrogens is 2. The second kappa shape index (κ2) is 7.43. The largest absolute Gasteiger partial charge is 0.379 e. The Morgan fingerprint density at radius 2 is 2.13 bits per heavy atom. The molecule has 0 aliphatic heterocycles. The topological polar surface area (TPSA) is 36.3 Å². The molecular weight excluding hydrogens is 192 g/mol. The van der Waals surface area contributed by atoms with Crippen LogP contribution in [0.25, 0.3) is 0 Å². The molecule has 0 saturated carbocycles. The number of hydrogen-bond donors (Lipinski definition) is 0. The molecule has 4 heteroatoms. The van der Waals surface area contributed by atoms with Gasteiger partial charge in [-0.25, -0.2) is 4.98 Å². The Kier molecular flexibility index (Phi) is 6.04. The van der Waals surface area contributed by atoms with Crippen LogP contribution < -0.4 is 0 Å². The van der Waals surface area contributed by atoms with E-state index in [4.69, 9.17) is 9.47 Å². The second-order valence-corrected chi connectivity index (χ2v) is 3.69. The van der Waals surface area contributed by atoms with Gasteiger partial charge >= 0.3 is 0 Å². The number of imidazole rings is 1. The van der Waals surface area contributed by atoms with Crippen molar-refractivity contribution < 1.29 is 9.47 Å². The van der Waals surface area contributed by atoms with Crippen molar-refractivity contribution in [3.8, 4) is 0 Å². The Bertz CT molecular complexity index is 235. The van der Waals surface area contributed by atoms with Crippen molar-refractivity contribution in [1.82, 2.24) is 9.55 Å². The van der Waals surface area contributed by atoms with Crippen molar-refractivity contribution in [2.75, 3.05) is 19.8 Å². The maximum atomic E-state index is 5.42. The Morgan fingerprint density at radius 3 is 2.80 bits per heavy atom. The van der Waals surface area contributed by atoms with E-state index in [0.29, 0.717) is 19.3 Å². The number of hydrogen-bond acceptors (Lipinski definition) is 3. The third kappa shape index (κ3) is 6.25. The summed E-state index contributed by atoms with van der Waals surface area (Å²) < 4.78 is 12.8. The summed E-state index contributed by atoms with van der Waals surface area (Å²) in [4.78, 5) is 3.97. The van der Waals surface area contributed by atoms with Gasteiger partial charge in [-0.3, -0.25) is 0 Å². The monoisotopic (exact) mass is 212 g/mol. The number of rotatable bonds is 8. The lowest BCUT2D eigenvalue weighted by atomic mass is 10.4. The normalized spacial score (nSPS) is 11.1. The molecule has 0 unspecified atom stereocenters. The summed E-state index contributed by atoms with van der Waals surface area (Å²) in [7, 11) is 0. The number of nitrogens with zero attached hydrogens (tertiary/aromatic N) is 2. The number of aryl methyl sites for hydroxylation is 1. The van der Waals surface area contributed by atoms with Crippen LogP contribution in [0, 0.1) is 0 Å². The summed E-state index contributed by atoms with van der Waals surface area (Å²) in [6.45, 7) is 7.16. The van der Waals surface area contributed by atoms with Gasteiger partial charge < -0.3 is 14.0 Å². The van der Waals surface area contributed by atoms with E-state index in [1.165, 1.54) is 0 Å². The molecule has 0 N–H and O–H groups in total. The fraction of sp³-hybridized carbons (Fsp3) is 0.727. The molecule has 0 bridgehead atoms. The molecular formula is C11H20N2O2. The van der Waals surface area contributed by atoms with Crippen molar-refractivity contribution in [1.29, 1.82) is 0 Å². The minimum atomic E-state index is 0.291. The summed E-state index contributed by atoms with van der Waals surface area (Å²) in [5, 5.41) is 0. The molecule has 1 rings (SSSR count). The standard InChI is InChI=1S/C11H20N2O2/c1-11(2)15-9-8-14-7-3-5-13-6-4-12-10-13/h4,6,10-11H,3,5,7-9H2,1-2H3. The molecule has 0 saturated heterocycles. The first-order valence-corrected chi connectivity index (χ1v) is 5.44. The van der Waals surface area contributed by atoms with Crippen molar-refractivity contribution in [2.24, 2.45) is 0 Å². The van der Waals surface area contributed by atoms with Crippen LogP contribution in [0.15, 0.2) is 18.7 Å². The van der Waals surface area contributed by atoms with Gasteiger partial charge in [0.2, 0.25) is 0 Å². The first kappa shape index (κ1) is 12.2. The number of ether oxygens (including phenoxy) is 2. The molecule has 0 radical (unpaired) electrons. The Balaban J connectivity index is 1.85. The van der Waals surface area contributed by atoms with Crippen molar-refractivity contribution >= 4 is 0 Å². The van der Waals surface area contributed by atoms with Crippen LogP contribution in [-0.2, 0) is 16.0 Å². The molecule has 4 nitrogen and oxygen atoms in total. The maximum Gasteiger partial charge on any atom is 0.0945 e. The van der Waals surface area contributed by atoms with Gasteiger partial charge in [0.15, 0.2) is 0 Å². The van der Waals surface area contributed by atoms with Gasteiger partial charge in [0.05, 0.1) is 25.6 Å². The van der Waals surface area contributed by atoms with Gasteiger partial charge in [0, 0.05) is 25.5 Å².